The molecule has 0 spiro atoms. The van der Waals surface area contributed by atoms with E-state index in [4.69, 9.17) is 9.47 Å². The molecular weight excluding hydrogens is 381 g/mol. The average molecular weight is 394 g/mol. The van der Waals surface area contributed by atoms with Crippen LogP contribution >= 0.6 is 22.6 Å². The van der Waals surface area contributed by atoms with Gasteiger partial charge in [0.2, 0.25) is 0 Å². The fraction of sp³-hybridized carbons (Fsp3) is 0.357. The summed E-state index contributed by atoms with van der Waals surface area (Å²) < 4.78 is 37.6. The first-order valence-corrected chi connectivity index (χ1v) is 7.14. The molecule has 1 aromatic carbocycles. The van der Waals surface area contributed by atoms with Gasteiger partial charge in [-0.05, 0) is 53.8 Å². The largest absolute Gasteiger partial charge is 0.477 e. The Morgan fingerprint density at radius 1 is 1.40 bits per heavy atom. The maximum atomic E-state index is 13.2. The van der Waals surface area contributed by atoms with E-state index in [-0.39, 0.29) is 17.9 Å². The summed E-state index contributed by atoms with van der Waals surface area (Å²) >= 11 is 2.09. The molecule has 0 bridgehead atoms. The third-order valence-electron chi connectivity index (χ3n) is 2.90. The minimum absolute atomic E-state index is 0.141. The van der Waals surface area contributed by atoms with E-state index < -0.39 is 24.9 Å². The van der Waals surface area contributed by atoms with Gasteiger partial charge in [0.1, 0.15) is 19.1 Å². The predicted octanol–water partition coefficient (Wildman–Crippen LogP) is 3.31. The lowest BCUT2D eigenvalue weighted by molar-refractivity contribution is -0.136. The number of ether oxygens (including phenoxy) is 2. The van der Waals surface area contributed by atoms with Crippen LogP contribution in [0.2, 0.25) is 0 Å². The Morgan fingerprint density at radius 3 is 2.70 bits per heavy atom. The zero-order valence-electron chi connectivity index (χ0n) is 10.8. The summed E-state index contributed by atoms with van der Waals surface area (Å²) in [6, 6.07) is 5.07. The van der Waals surface area contributed by atoms with E-state index >= 15 is 0 Å². The lowest BCUT2D eigenvalue weighted by Gasteiger charge is -2.32. The molecule has 20 heavy (non-hydrogen) atoms. The van der Waals surface area contributed by atoms with Crippen molar-refractivity contribution in [1.82, 2.24) is 0 Å². The van der Waals surface area contributed by atoms with Crippen molar-refractivity contribution in [2.45, 2.75) is 12.5 Å². The van der Waals surface area contributed by atoms with E-state index in [1.54, 1.807) is 25.1 Å². The number of fused-ring (bicyclic) bond motifs is 1. The van der Waals surface area contributed by atoms with Crippen molar-refractivity contribution in [1.29, 1.82) is 0 Å². The smallest absolute Gasteiger partial charge is 0.338 e. The number of carbonyl (C=O) groups excluding carboxylic acids is 1. The van der Waals surface area contributed by atoms with Crippen LogP contribution in [0.1, 0.15) is 12.5 Å². The van der Waals surface area contributed by atoms with Crippen molar-refractivity contribution in [3.63, 3.8) is 0 Å². The van der Waals surface area contributed by atoms with Gasteiger partial charge in [0.15, 0.2) is 5.60 Å². The summed E-state index contributed by atoms with van der Waals surface area (Å²) in [7, 11) is 0. The lowest BCUT2D eigenvalue weighted by atomic mass is 9.94. The molecule has 3 nitrogen and oxygen atoms in total. The molecule has 1 heterocycles. The van der Waals surface area contributed by atoms with E-state index in [2.05, 4.69) is 22.6 Å². The van der Waals surface area contributed by atoms with Gasteiger partial charge in [0.05, 0.1) is 12.2 Å². The number of rotatable bonds is 4. The molecular formula is C14H13F2IO3. The highest BCUT2D eigenvalue weighted by atomic mass is 127. The molecule has 0 fully saturated rings. The number of hydrogen-bond donors (Lipinski definition) is 0. The average Bonchev–Trinajstić information content (AvgIpc) is 2.46. The molecule has 6 heteroatoms. The Hall–Kier alpha value is -1.18. The number of benzene rings is 1. The minimum Gasteiger partial charge on any atom is -0.477 e. The van der Waals surface area contributed by atoms with Crippen molar-refractivity contribution in [2.24, 2.45) is 0 Å². The van der Waals surface area contributed by atoms with Crippen LogP contribution in [0, 0.1) is 3.57 Å². The molecule has 0 radical (unpaired) electrons. The Kier molecular flexibility index (Phi) is 4.62. The molecule has 0 aromatic heterocycles. The van der Waals surface area contributed by atoms with Crippen LogP contribution in [-0.2, 0) is 9.53 Å². The number of alkyl halides is 2. The first-order valence-electron chi connectivity index (χ1n) is 6.06. The number of halogens is 3. The fourth-order valence-corrected chi connectivity index (χ4v) is 2.43. The van der Waals surface area contributed by atoms with Crippen molar-refractivity contribution < 1.29 is 23.0 Å². The Labute approximate surface area is 129 Å². The highest BCUT2D eigenvalue weighted by molar-refractivity contribution is 14.1. The summed E-state index contributed by atoms with van der Waals surface area (Å²) in [6.45, 7) is -0.255. The molecule has 0 atom stereocenters. The molecule has 1 aliphatic heterocycles. The zero-order valence-corrected chi connectivity index (χ0v) is 12.9. The van der Waals surface area contributed by atoms with E-state index in [0.717, 1.165) is 3.57 Å². The maximum Gasteiger partial charge on any atom is 0.338 e. The van der Waals surface area contributed by atoms with Crippen molar-refractivity contribution in [3.8, 4) is 5.75 Å². The topological polar surface area (TPSA) is 35.5 Å². The van der Waals surface area contributed by atoms with Crippen LogP contribution < -0.4 is 4.74 Å². The van der Waals surface area contributed by atoms with Crippen LogP contribution in [-0.4, -0.2) is 31.5 Å². The Morgan fingerprint density at radius 2 is 2.10 bits per heavy atom. The Balaban J connectivity index is 2.55. The predicted molar refractivity (Wildman–Crippen MR) is 79.1 cm³/mol. The van der Waals surface area contributed by atoms with Crippen LogP contribution in [0.25, 0.3) is 5.57 Å². The second kappa shape index (κ2) is 6.07. The van der Waals surface area contributed by atoms with Crippen LogP contribution in [0.15, 0.2) is 24.3 Å². The summed E-state index contributed by atoms with van der Waals surface area (Å²) in [4.78, 5) is 12.0. The second-order valence-corrected chi connectivity index (χ2v) is 5.60. The van der Waals surface area contributed by atoms with Crippen LogP contribution in [0.5, 0.6) is 5.75 Å². The van der Waals surface area contributed by atoms with Crippen LogP contribution in [0.4, 0.5) is 8.78 Å². The minimum atomic E-state index is -1.75. The normalized spacial score (nSPS) is 15.9. The fourth-order valence-electron chi connectivity index (χ4n) is 1.94. The summed E-state index contributed by atoms with van der Waals surface area (Å²) in [5.41, 5.74) is -1.11. The summed E-state index contributed by atoms with van der Waals surface area (Å²) in [6.07, 6.45) is 1.18. The van der Waals surface area contributed by atoms with Gasteiger partial charge >= 0.3 is 5.97 Å². The zero-order chi connectivity index (χ0) is 14.8. The Bertz CT molecular complexity index is 553. The SMILES string of the molecule is CCOC(=O)C1=CC(CF)(CF)Oc2ccc(I)cc21. The van der Waals surface area contributed by atoms with Gasteiger partial charge in [-0.25, -0.2) is 13.6 Å². The highest BCUT2D eigenvalue weighted by Gasteiger charge is 2.38. The van der Waals surface area contributed by atoms with E-state index in [9.17, 15) is 13.6 Å². The highest BCUT2D eigenvalue weighted by Crippen LogP contribution is 2.38. The number of hydrogen-bond acceptors (Lipinski definition) is 3. The van der Waals surface area contributed by atoms with E-state index in [1.165, 1.54) is 6.08 Å². The standard InChI is InChI=1S/C14H13F2IO3/c1-2-19-13(18)11-6-14(7-15,8-16)20-12-4-3-9(17)5-10(11)12/h3-6H,2,7-8H2,1H3. The van der Waals surface area contributed by atoms with Gasteiger partial charge in [-0.2, -0.15) is 0 Å². The lowest BCUT2D eigenvalue weighted by Crippen LogP contribution is -2.42. The van der Waals surface area contributed by atoms with Gasteiger partial charge in [-0.1, -0.05) is 0 Å². The molecule has 0 saturated heterocycles. The van der Waals surface area contributed by atoms with Crippen molar-refractivity contribution >= 4 is 34.1 Å². The first kappa shape index (κ1) is 15.2. The molecule has 1 aromatic rings. The molecule has 0 unspecified atom stereocenters. The quantitative estimate of drug-likeness (QED) is 0.581. The molecule has 0 aliphatic carbocycles. The summed E-state index contributed by atoms with van der Waals surface area (Å²) in [5.74, 6) is -0.323. The van der Waals surface area contributed by atoms with Gasteiger partial charge in [0.25, 0.3) is 0 Å². The van der Waals surface area contributed by atoms with Gasteiger partial charge in [-0.3, -0.25) is 0 Å². The van der Waals surface area contributed by atoms with Crippen LogP contribution in [0.3, 0.4) is 0 Å². The van der Waals surface area contributed by atoms with E-state index in [0.29, 0.717) is 5.56 Å². The number of carbonyl (C=O) groups is 1. The molecule has 108 valence electrons. The third-order valence-corrected chi connectivity index (χ3v) is 3.57. The van der Waals surface area contributed by atoms with Gasteiger partial charge < -0.3 is 9.47 Å². The molecule has 2 rings (SSSR count). The third kappa shape index (κ3) is 2.79. The molecule has 0 amide bonds. The van der Waals surface area contributed by atoms with Gasteiger partial charge in [-0.15, -0.1) is 0 Å². The molecule has 1 aliphatic rings. The number of esters is 1. The van der Waals surface area contributed by atoms with Crippen molar-refractivity contribution in [3.05, 3.63) is 33.4 Å². The molecule has 0 N–H and O–H groups in total. The van der Waals surface area contributed by atoms with Gasteiger partial charge in [0, 0.05) is 9.13 Å². The molecule has 0 saturated carbocycles. The van der Waals surface area contributed by atoms with E-state index in [1.807, 2.05) is 0 Å². The monoisotopic (exact) mass is 394 g/mol. The maximum absolute atomic E-state index is 13.2. The second-order valence-electron chi connectivity index (χ2n) is 4.35. The van der Waals surface area contributed by atoms with Crippen molar-refractivity contribution in [2.75, 3.05) is 20.0 Å². The first-order chi connectivity index (χ1) is 9.55. The summed E-state index contributed by atoms with van der Waals surface area (Å²) in [5, 5.41) is 0.